The van der Waals surface area contributed by atoms with Gasteiger partial charge in [0, 0.05) is 30.9 Å². The van der Waals surface area contributed by atoms with Crippen molar-refractivity contribution < 1.29 is 0 Å². The lowest BCUT2D eigenvalue weighted by Gasteiger charge is -2.12. The summed E-state index contributed by atoms with van der Waals surface area (Å²) < 4.78 is 1.97. The van der Waals surface area contributed by atoms with Gasteiger partial charge in [-0.25, -0.2) is 0 Å². The number of aryl methyl sites for hydroxylation is 2. The maximum absolute atomic E-state index is 4.37. The highest BCUT2D eigenvalue weighted by atomic mass is 15.3. The van der Waals surface area contributed by atoms with Crippen molar-refractivity contribution in [2.75, 3.05) is 0 Å². The van der Waals surface area contributed by atoms with E-state index in [4.69, 9.17) is 0 Å². The Morgan fingerprint density at radius 2 is 2.11 bits per heavy atom. The average molecular weight is 257 g/mol. The summed E-state index contributed by atoms with van der Waals surface area (Å²) in [5, 5.41) is 7.86. The van der Waals surface area contributed by atoms with Gasteiger partial charge in [-0.2, -0.15) is 5.10 Å². The first kappa shape index (κ1) is 13.8. The van der Waals surface area contributed by atoms with Gasteiger partial charge in [-0.05, 0) is 25.0 Å². The molecule has 1 aromatic carbocycles. The molecule has 3 heteroatoms. The molecular formula is C16H23N3. The van der Waals surface area contributed by atoms with Crippen LogP contribution in [0.25, 0.3) is 11.1 Å². The zero-order valence-electron chi connectivity index (χ0n) is 12.3. The molecule has 0 fully saturated rings. The van der Waals surface area contributed by atoms with Crippen molar-refractivity contribution in [3.63, 3.8) is 0 Å². The van der Waals surface area contributed by atoms with E-state index in [1.807, 2.05) is 10.9 Å². The molecular weight excluding hydrogens is 234 g/mol. The van der Waals surface area contributed by atoms with Crippen LogP contribution in [0.4, 0.5) is 0 Å². The maximum atomic E-state index is 4.37. The SMILES string of the molecule is CCn1cc(-c2cc(C)ccc2CNC(C)C)cn1. The van der Waals surface area contributed by atoms with E-state index in [2.05, 4.69) is 62.5 Å². The van der Waals surface area contributed by atoms with E-state index in [9.17, 15) is 0 Å². The molecule has 2 rings (SSSR count). The Morgan fingerprint density at radius 1 is 1.32 bits per heavy atom. The summed E-state index contributed by atoms with van der Waals surface area (Å²) in [6.07, 6.45) is 4.07. The summed E-state index contributed by atoms with van der Waals surface area (Å²) in [5.41, 5.74) is 5.10. The topological polar surface area (TPSA) is 29.9 Å². The molecule has 1 N–H and O–H groups in total. The minimum Gasteiger partial charge on any atom is -0.310 e. The Morgan fingerprint density at radius 3 is 2.74 bits per heavy atom. The molecule has 0 bridgehead atoms. The molecule has 0 atom stereocenters. The third-order valence-electron chi connectivity index (χ3n) is 3.23. The number of hydrogen-bond donors (Lipinski definition) is 1. The highest BCUT2D eigenvalue weighted by Gasteiger charge is 2.08. The molecule has 0 amide bonds. The van der Waals surface area contributed by atoms with Crippen LogP contribution in [0.3, 0.4) is 0 Å². The quantitative estimate of drug-likeness (QED) is 0.890. The lowest BCUT2D eigenvalue weighted by molar-refractivity contribution is 0.589. The van der Waals surface area contributed by atoms with Crippen molar-refractivity contribution in [1.29, 1.82) is 0 Å². The van der Waals surface area contributed by atoms with Crippen LogP contribution in [0.5, 0.6) is 0 Å². The van der Waals surface area contributed by atoms with E-state index in [0.29, 0.717) is 6.04 Å². The van der Waals surface area contributed by atoms with Crippen molar-refractivity contribution in [2.45, 2.75) is 46.8 Å². The fraction of sp³-hybridized carbons (Fsp3) is 0.438. The largest absolute Gasteiger partial charge is 0.310 e. The van der Waals surface area contributed by atoms with Gasteiger partial charge in [0.05, 0.1) is 6.20 Å². The zero-order chi connectivity index (χ0) is 13.8. The third kappa shape index (κ3) is 3.44. The van der Waals surface area contributed by atoms with Crippen molar-refractivity contribution >= 4 is 0 Å². The Labute approximate surface area is 115 Å². The molecule has 102 valence electrons. The number of nitrogens with zero attached hydrogens (tertiary/aromatic N) is 2. The summed E-state index contributed by atoms with van der Waals surface area (Å²) in [7, 11) is 0. The number of benzene rings is 1. The van der Waals surface area contributed by atoms with Crippen molar-refractivity contribution in [1.82, 2.24) is 15.1 Å². The van der Waals surface area contributed by atoms with Gasteiger partial charge < -0.3 is 5.32 Å². The molecule has 0 unspecified atom stereocenters. The van der Waals surface area contributed by atoms with Crippen LogP contribution in [0.2, 0.25) is 0 Å². The first-order valence-corrected chi connectivity index (χ1v) is 6.96. The number of hydrogen-bond acceptors (Lipinski definition) is 2. The fourth-order valence-corrected chi connectivity index (χ4v) is 2.10. The predicted molar refractivity (Wildman–Crippen MR) is 80.0 cm³/mol. The van der Waals surface area contributed by atoms with E-state index in [1.165, 1.54) is 22.3 Å². The van der Waals surface area contributed by atoms with E-state index >= 15 is 0 Å². The summed E-state index contributed by atoms with van der Waals surface area (Å²) in [4.78, 5) is 0. The van der Waals surface area contributed by atoms with Gasteiger partial charge in [0.15, 0.2) is 0 Å². The van der Waals surface area contributed by atoms with Crippen LogP contribution >= 0.6 is 0 Å². The Bertz CT molecular complexity index is 541. The van der Waals surface area contributed by atoms with Gasteiger partial charge in [-0.1, -0.05) is 37.6 Å². The minimum absolute atomic E-state index is 0.493. The van der Waals surface area contributed by atoms with Crippen LogP contribution < -0.4 is 5.32 Å². The third-order valence-corrected chi connectivity index (χ3v) is 3.23. The van der Waals surface area contributed by atoms with Gasteiger partial charge in [0.25, 0.3) is 0 Å². The van der Waals surface area contributed by atoms with Crippen molar-refractivity contribution in [2.24, 2.45) is 0 Å². The van der Waals surface area contributed by atoms with Gasteiger partial charge >= 0.3 is 0 Å². The first-order chi connectivity index (χ1) is 9.10. The molecule has 0 saturated heterocycles. The van der Waals surface area contributed by atoms with Gasteiger partial charge in [0.2, 0.25) is 0 Å². The molecule has 0 spiro atoms. The van der Waals surface area contributed by atoms with E-state index < -0.39 is 0 Å². The smallest absolute Gasteiger partial charge is 0.0568 e. The number of aromatic nitrogens is 2. The molecule has 0 radical (unpaired) electrons. The molecule has 0 aliphatic heterocycles. The van der Waals surface area contributed by atoms with Crippen LogP contribution in [0.1, 0.15) is 31.9 Å². The summed E-state index contributed by atoms with van der Waals surface area (Å²) in [5.74, 6) is 0. The lowest BCUT2D eigenvalue weighted by atomic mass is 10.00. The maximum Gasteiger partial charge on any atom is 0.0568 e. The summed E-state index contributed by atoms with van der Waals surface area (Å²) >= 11 is 0. The highest BCUT2D eigenvalue weighted by Crippen LogP contribution is 2.24. The molecule has 3 nitrogen and oxygen atoms in total. The molecule has 2 aromatic rings. The van der Waals surface area contributed by atoms with Crippen LogP contribution in [0.15, 0.2) is 30.6 Å². The molecule has 1 aromatic heterocycles. The minimum atomic E-state index is 0.493. The lowest BCUT2D eigenvalue weighted by Crippen LogP contribution is -2.22. The van der Waals surface area contributed by atoms with E-state index in [1.54, 1.807) is 0 Å². The second-order valence-corrected chi connectivity index (χ2v) is 5.28. The zero-order valence-corrected chi connectivity index (χ0v) is 12.3. The monoisotopic (exact) mass is 257 g/mol. The second kappa shape index (κ2) is 6.02. The molecule has 0 aliphatic carbocycles. The predicted octanol–water partition coefficient (Wildman–Crippen LogP) is 3.38. The second-order valence-electron chi connectivity index (χ2n) is 5.28. The fourth-order valence-electron chi connectivity index (χ4n) is 2.10. The summed E-state index contributed by atoms with van der Waals surface area (Å²) in [6, 6.07) is 7.12. The molecule has 0 saturated carbocycles. The summed E-state index contributed by atoms with van der Waals surface area (Å²) in [6.45, 7) is 10.4. The molecule has 1 heterocycles. The van der Waals surface area contributed by atoms with Crippen LogP contribution in [-0.2, 0) is 13.1 Å². The van der Waals surface area contributed by atoms with Crippen molar-refractivity contribution in [3.05, 3.63) is 41.7 Å². The van der Waals surface area contributed by atoms with Gasteiger partial charge in [-0.3, -0.25) is 4.68 Å². The molecule has 19 heavy (non-hydrogen) atoms. The Hall–Kier alpha value is -1.61. The van der Waals surface area contributed by atoms with E-state index in [0.717, 1.165) is 13.1 Å². The van der Waals surface area contributed by atoms with E-state index in [-0.39, 0.29) is 0 Å². The van der Waals surface area contributed by atoms with Crippen LogP contribution in [-0.4, -0.2) is 15.8 Å². The first-order valence-electron chi connectivity index (χ1n) is 6.96. The van der Waals surface area contributed by atoms with Gasteiger partial charge in [-0.15, -0.1) is 0 Å². The average Bonchev–Trinajstić information content (AvgIpc) is 2.85. The Kier molecular flexibility index (Phi) is 4.38. The van der Waals surface area contributed by atoms with Crippen molar-refractivity contribution in [3.8, 4) is 11.1 Å². The molecule has 0 aliphatic rings. The Balaban J connectivity index is 2.33. The number of nitrogens with one attached hydrogen (secondary N) is 1. The highest BCUT2D eigenvalue weighted by molar-refractivity contribution is 5.66. The number of rotatable bonds is 5. The normalized spacial score (nSPS) is 11.2. The van der Waals surface area contributed by atoms with Gasteiger partial charge in [0.1, 0.15) is 0 Å². The van der Waals surface area contributed by atoms with Crippen LogP contribution in [0, 0.1) is 6.92 Å². The standard InChI is InChI=1S/C16H23N3/c1-5-19-11-15(10-18-19)16-8-13(4)6-7-14(16)9-17-12(2)3/h6-8,10-12,17H,5,9H2,1-4H3.